The van der Waals surface area contributed by atoms with Crippen LogP contribution < -0.4 is 0 Å². The van der Waals surface area contributed by atoms with Gasteiger partial charge in [-0.25, -0.2) is 0 Å². The molecular weight excluding hydrogens is 76.1 g/mol. The van der Waals surface area contributed by atoms with Crippen molar-refractivity contribution in [3.05, 3.63) is 6.92 Å². The largest absolute Gasteiger partial charge is 0.447 e. The standard InChI is InChI=1S/C5H7O/c1-3-5-6-4-2/h1,4H2,2H3. The zero-order valence-electron chi connectivity index (χ0n) is 3.82. The Labute approximate surface area is 38.3 Å². The first-order valence-corrected chi connectivity index (χ1v) is 1.80. The zero-order chi connectivity index (χ0) is 4.83. The van der Waals surface area contributed by atoms with Crippen molar-refractivity contribution in [1.82, 2.24) is 0 Å². The van der Waals surface area contributed by atoms with Crippen LogP contribution >= 0.6 is 0 Å². The lowest BCUT2D eigenvalue weighted by Gasteiger charge is -1.80. The van der Waals surface area contributed by atoms with Crippen molar-refractivity contribution in [3.8, 4) is 12.0 Å². The Morgan fingerprint density at radius 1 is 1.83 bits per heavy atom. The first-order valence-electron chi connectivity index (χ1n) is 1.80. The summed E-state index contributed by atoms with van der Waals surface area (Å²) in [5.74, 6) is 2.35. The Kier molecular flexibility index (Phi) is 3.89. The van der Waals surface area contributed by atoms with Crippen molar-refractivity contribution in [2.45, 2.75) is 6.92 Å². The van der Waals surface area contributed by atoms with Gasteiger partial charge in [-0.05, 0) is 6.92 Å². The summed E-state index contributed by atoms with van der Waals surface area (Å²) < 4.78 is 4.56. The van der Waals surface area contributed by atoms with E-state index in [-0.39, 0.29) is 0 Å². The summed E-state index contributed by atoms with van der Waals surface area (Å²) in [6, 6.07) is 0. The van der Waals surface area contributed by atoms with E-state index in [1.165, 1.54) is 0 Å². The molecule has 0 saturated heterocycles. The van der Waals surface area contributed by atoms with Crippen LogP contribution in [0, 0.1) is 19.0 Å². The maximum Gasteiger partial charge on any atom is 0.110 e. The highest BCUT2D eigenvalue weighted by atomic mass is 16.5. The van der Waals surface area contributed by atoms with Crippen LogP contribution in [0.25, 0.3) is 0 Å². The Morgan fingerprint density at radius 2 is 2.50 bits per heavy atom. The van der Waals surface area contributed by atoms with Crippen molar-refractivity contribution in [2.75, 3.05) is 6.61 Å². The number of hydrogen-bond acceptors (Lipinski definition) is 1. The fraction of sp³-hybridized carbons (Fsp3) is 0.400. The van der Waals surface area contributed by atoms with Crippen LogP contribution in [0.1, 0.15) is 6.92 Å². The van der Waals surface area contributed by atoms with Crippen LogP contribution in [-0.4, -0.2) is 6.61 Å². The molecule has 0 amide bonds. The molecule has 0 atom stereocenters. The van der Waals surface area contributed by atoms with Gasteiger partial charge >= 0.3 is 0 Å². The van der Waals surface area contributed by atoms with Crippen LogP contribution in [0.5, 0.6) is 0 Å². The van der Waals surface area contributed by atoms with Crippen LogP contribution in [-0.2, 0) is 4.74 Å². The molecule has 1 heteroatoms. The molecule has 0 bridgehead atoms. The topological polar surface area (TPSA) is 9.23 Å². The lowest BCUT2D eigenvalue weighted by Crippen LogP contribution is -1.74. The molecule has 0 aliphatic carbocycles. The lowest BCUT2D eigenvalue weighted by atomic mass is 10.8. The van der Waals surface area contributed by atoms with E-state index in [1.54, 1.807) is 0 Å². The minimum absolute atomic E-state index is 0.641. The molecule has 0 aliphatic rings. The van der Waals surface area contributed by atoms with Gasteiger partial charge < -0.3 is 4.74 Å². The van der Waals surface area contributed by atoms with Crippen LogP contribution in [0.4, 0.5) is 0 Å². The second-order valence-electron chi connectivity index (χ2n) is 0.712. The molecule has 1 nitrogen and oxygen atoms in total. The third-order valence-electron chi connectivity index (χ3n) is 0.289. The van der Waals surface area contributed by atoms with E-state index in [2.05, 4.69) is 23.7 Å². The highest BCUT2D eigenvalue weighted by Crippen LogP contribution is 1.61. The molecule has 0 aliphatic heterocycles. The minimum atomic E-state index is 0.641. The summed E-state index contributed by atoms with van der Waals surface area (Å²) in [5.41, 5.74) is 0. The lowest BCUT2D eigenvalue weighted by molar-refractivity contribution is 0.299. The van der Waals surface area contributed by atoms with E-state index in [1.807, 2.05) is 6.92 Å². The molecule has 0 N–H and O–H groups in total. The van der Waals surface area contributed by atoms with Gasteiger partial charge in [0.1, 0.15) is 6.11 Å². The predicted octanol–water partition coefficient (Wildman–Crippen LogP) is 0.818. The molecule has 6 heavy (non-hydrogen) atoms. The predicted molar refractivity (Wildman–Crippen MR) is 24.8 cm³/mol. The molecule has 0 saturated carbocycles. The average Bonchev–Trinajstić information content (AvgIpc) is 1.61. The smallest absolute Gasteiger partial charge is 0.110 e. The monoisotopic (exact) mass is 83.0 g/mol. The van der Waals surface area contributed by atoms with Gasteiger partial charge in [-0.2, -0.15) is 0 Å². The van der Waals surface area contributed by atoms with E-state index in [9.17, 15) is 0 Å². The molecular formula is C5H7O. The van der Waals surface area contributed by atoms with Crippen molar-refractivity contribution >= 4 is 0 Å². The molecule has 0 aromatic heterocycles. The van der Waals surface area contributed by atoms with Crippen molar-refractivity contribution in [3.63, 3.8) is 0 Å². The number of hydrogen-bond donors (Lipinski definition) is 0. The molecule has 0 heterocycles. The molecule has 0 unspecified atom stereocenters. The average molecular weight is 83.1 g/mol. The molecule has 0 aromatic rings. The molecule has 1 radical (unpaired) electrons. The zero-order valence-corrected chi connectivity index (χ0v) is 3.82. The van der Waals surface area contributed by atoms with Gasteiger partial charge in [0.05, 0.1) is 6.61 Å². The summed E-state index contributed by atoms with van der Waals surface area (Å²) in [6.07, 6.45) is 2.34. The molecule has 0 aromatic carbocycles. The van der Waals surface area contributed by atoms with E-state index in [0.717, 1.165) is 0 Å². The Balaban J connectivity index is 2.79. The van der Waals surface area contributed by atoms with Gasteiger partial charge in [0.2, 0.25) is 0 Å². The molecule has 0 rings (SSSR count). The Hall–Kier alpha value is -0.640. The fourth-order valence-corrected chi connectivity index (χ4v) is 0.123. The number of ether oxygens (including phenoxy) is 1. The summed E-state index contributed by atoms with van der Waals surface area (Å²) in [6.45, 7) is 5.76. The van der Waals surface area contributed by atoms with Gasteiger partial charge in [0.15, 0.2) is 0 Å². The first kappa shape index (κ1) is 5.36. The van der Waals surface area contributed by atoms with Gasteiger partial charge in [-0.3, -0.25) is 0 Å². The Morgan fingerprint density at radius 3 is 2.67 bits per heavy atom. The quantitative estimate of drug-likeness (QED) is 0.426. The normalized spacial score (nSPS) is 5.67. The van der Waals surface area contributed by atoms with Crippen LogP contribution in [0.15, 0.2) is 0 Å². The van der Waals surface area contributed by atoms with Gasteiger partial charge in [-0.15, -0.1) is 0 Å². The van der Waals surface area contributed by atoms with Gasteiger partial charge in [0.25, 0.3) is 0 Å². The summed E-state index contributed by atoms with van der Waals surface area (Å²) >= 11 is 0. The SMILES string of the molecule is [CH2]C#COCC. The van der Waals surface area contributed by atoms with Crippen LogP contribution in [0.2, 0.25) is 0 Å². The summed E-state index contributed by atoms with van der Waals surface area (Å²) in [4.78, 5) is 0. The van der Waals surface area contributed by atoms with Crippen molar-refractivity contribution in [1.29, 1.82) is 0 Å². The summed E-state index contributed by atoms with van der Waals surface area (Å²) in [7, 11) is 0. The first-order chi connectivity index (χ1) is 2.91. The maximum atomic E-state index is 4.56. The van der Waals surface area contributed by atoms with Crippen LogP contribution in [0.3, 0.4) is 0 Å². The minimum Gasteiger partial charge on any atom is -0.447 e. The third-order valence-corrected chi connectivity index (χ3v) is 0.289. The highest BCUT2D eigenvalue weighted by Gasteiger charge is 1.59. The highest BCUT2D eigenvalue weighted by molar-refractivity contribution is 4.93. The van der Waals surface area contributed by atoms with Gasteiger partial charge in [-0.1, -0.05) is 5.92 Å². The maximum absolute atomic E-state index is 4.56. The van der Waals surface area contributed by atoms with E-state index < -0.39 is 0 Å². The molecule has 0 fully saturated rings. The van der Waals surface area contributed by atoms with E-state index in [4.69, 9.17) is 0 Å². The Bertz CT molecular complexity index is 65.7. The van der Waals surface area contributed by atoms with Crippen molar-refractivity contribution in [2.24, 2.45) is 0 Å². The fourth-order valence-electron chi connectivity index (χ4n) is 0.123. The second kappa shape index (κ2) is 4.36. The van der Waals surface area contributed by atoms with E-state index in [0.29, 0.717) is 6.61 Å². The number of rotatable bonds is 1. The molecule has 33 valence electrons. The molecule has 0 spiro atoms. The van der Waals surface area contributed by atoms with Gasteiger partial charge in [0, 0.05) is 6.92 Å². The third kappa shape index (κ3) is 3.36. The summed E-state index contributed by atoms with van der Waals surface area (Å²) in [5, 5.41) is 0. The van der Waals surface area contributed by atoms with Crippen molar-refractivity contribution < 1.29 is 4.74 Å². The second-order valence-corrected chi connectivity index (χ2v) is 0.712. The van der Waals surface area contributed by atoms with E-state index >= 15 is 0 Å².